The Morgan fingerprint density at radius 1 is 0.545 bits per heavy atom. The summed E-state index contributed by atoms with van der Waals surface area (Å²) in [6.45, 7) is 8.29. The van der Waals surface area contributed by atoms with Crippen molar-refractivity contribution in [1.82, 2.24) is 0 Å². The van der Waals surface area contributed by atoms with Crippen LogP contribution in [0.1, 0.15) is 41.7 Å². The Hall–Kier alpha value is -0.980. The van der Waals surface area contributed by atoms with Crippen LogP contribution < -0.4 is 0 Å². The SMILES string of the molecule is Cc1cc(C)c(C(C)(CS(C)(=O)=O)CS(C)(=O)=O)c(C)c1C(C)(CS(C)(=O)=O)CS(C)(=O)=O. The van der Waals surface area contributed by atoms with Crippen molar-refractivity contribution in [3.8, 4) is 0 Å². The summed E-state index contributed by atoms with van der Waals surface area (Å²) in [7, 11) is -14.4. The number of rotatable bonds is 10. The van der Waals surface area contributed by atoms with Crippen molar-refractivity contribution < 1.29 is 33.7 Å². The highest BCUT2D eigenvalue weighted by atomic mass is 32.2. The summed E-state index contributed by atoms with van der Waals surface area (Å²) in [5, 5.41) is 0. The molecular weight excluding hydrogens is 508 g/mol. The molecule has 0 saturated carbocycles. The number of sulfone groups is 4. The highest BCUT2D eigenvalue weighted by Gasteiger charge is 2.42. The lowest BCUT2D eigenvalue weighted by Gasteiger charge is -2.38. The molecule has 1 aromatic carbocycles. The maximum Gasteiger partial charge on any atom is 0.148 e. The normalized spacial score (nSPS) is 14.5. The smallest absolute Gasteiger partial charge is 0.148 e. The monoisotopic (exact) mass is 544 g/mol. The Bertz CT molecular complexity index is 1180. The van der Waals surface area contributed by atoms with Crippen molar-refractivity contribution in [2.75, 3.05) is 48.0 Å². The van der Waals surface area contributed by atoms with Gasteiger partial charge >= 0.3 is 0 Å². The molecule has 0 amide bonds. The molecule has 1 aromatic rings. The van der Waals surface area contributed by atoms with E-state index in [0.29, 0.717) is 27.8 Å². The third kappa shape index (κ3) is 8.63. The topological polar surface area (TPSA) is 137 Å². The first-order valence-electron chi connectivity index (χ1n) is 10.1. The Balaban J connectivity index is 4.16. The van der Waals surface area contributed by atoms with E-state index in [4.69, 9.17) is 0 Å². The van der Waals surface area contributed by atoms with Crippen LogP contribution in [0.3, 0.4) is 0 Å². The fraction of sp³-hybridized carbons (Fsp3) is 0.714. The lowest BCUT2D eigenvalue weighted by Crippen LogP contribution is -2.42. The van der Waals surface area contributed by atoms with Gasteiger partial charge in [-0.25, -0.2) is 33.7 Å². The zero-order valence-electron chi connectivity index (χ0n) is 20.8. The fourth-order valence-electron chi connectivity index (χ4n) is 5.73. The van der Waals surface area contributed by atoms with Gasteiger partial charge < -0.3 is 0 Å². The third-order valence-electron chi connectivity index (χ3n) is 5.50. The predicted octanol–water partition coefficient (Wildman–Crippen LogP) is 1.31. The van der Waals surface area contributed by atoms with E-state index in [0.717, 1.165) is 25.0 Å². The van der Waals surface area contributed by atoms with Crippen molar-refractivity contribution in [2.45, 2.75) is 45.4 Å². The van der Waals surface area contributed by atoms with Gasteiger partial charge in [0.25, 0.3) is 0 Å². The minimum absolute atomic E-state index is 0.438. The number of hydrogen-bond donors (Lipinski definition) is 0. The van der Waals surface area contributed by atoms with Gasteiger partial charge in [0.15, 0.2) is 0 Å². The summed E-state index contributed by atoms with van der Waals surface area (Å²) in [6, 6.07) is 1.74. The molecule has 192 valence electrons. The van der Waals surface area contributed by atoms with Crippen LogP contribution in [-0.4, -0.2) is 81.7 Å². The van der Waals surface area contributed by atoms with Crippen molar-refractivity contribution >= 4 is 39.3 Å². The minimum atomic E-state index is -3.61. The van der Waals surface area contributed by atoms with Crippen LogP contribution in [0.2, 0.25) is 0 Å². The molecule has 0 heterocycles. The molecule has 12 heteroatoms. The van der Waals surface area contributed by atoms with Crippen LogP contribution >= 0.6 is 0 Å². The fourth-order valence-corrected chi connectivity index (χ4v) is 11.6. The van der Waals surface area contributed by atoms with Crippen molar-refractivity contribution in [3.05, 3.63) is 33.9 Å². The Morgan fingerprint density at radius 2 is 0.758 bits per heavy atom. The standard InChI is InChI=1S/C21H36O8S4/c1-15-10-16(2)19(21(5,13-32(8,26)27)14-33(9,28)29)17(3)18(15)20(4,11-30(6,22)23)12-31(7,24)25/h10H,11-14H2,1-9H3. The van der Waals surface area contributed by atoms with Crippen molar-refractivity contribution in [3.63, 3.8) is 0 Å². The van der Waals surface area contributed by atoms with Gasteiger partial charge in [-0.3, -0.25) is 0 Å². The maximum absolute atomic E-state index is 12.3. The highest BCUT2D eigenvalue weighted by Crippen LogP contribution is 2.40. The van der Waals surface area contributed by atoms with Crippen molar-refractivity contribution in [1.29, 1.82) is 0 Å². The molecule has 8 nitrogen and oxygen atoms in total. The lowest BCUT2D eigenvalue weighted by molar-refractivity contribution is 0.523. The summed E-state index contributed by atoms with van der Waals surface area (Å²) in [5.41, 5.74) is 0.134. The second kappa shape index (κ2) is 9.23. The Kier molecular flexibility index (Phi) is 8.41. The first kappa shape index (κ1) is 30.1. The molecule has 0 unspecified atom stereocenters. The van der Waals surface area contributed by atoms with Crippen LogP contribution in [-0.2, 0) is 50.2 Å². The minimum Gasteiger partial charge on any atom is -0.229 e. The van der Waals surface area contributed by atoms with Gasteiger partial charge in [-0.1, -0.05) is 19.9 Å². The zero-order chi connectivity index (χ0) is 26.4. The average Bonchev–Trinajstić information content (AvgIpc) is 2.35. The molecule has 0 aliphatic heterocycles. The first-order chi connectivity index (χ1) is 14.3. The average molecular weight is 545 g/mol. The number of benzene rings is 1. The number of aryl methyl sites for hydroxylation is 2. The van der Waals surface area contributed by atoms with Gasteiger partial charge in [0, 0.05) is 35.9 Å². The molecule has 0 radical (unpaired) electrons. The van der Waals surface area contributed by atoms with Gasteiger partial charge in [0.2, 0.25) is 0 Å². The van der Waals surface area contributed by atoms with E-state index in [9.17, 15) is 33.7 Å². The Morgan fingerprint density at radius 3 is 0.939 bits per heavy atom. The maximum atomic E-state index is 12.3. The Labute approximate surface area is 199 Å². The van der Waals surface area contributed by atoms with Gasteiger partial charge in [0.05, 0.1) is 23.0 Å². The molecular formula is C21H36O8S4. The predicted molar refractivity (Wildman–Crippen MR) is 134 cm³/mol. The van der Waals surface area contributed by atoms with Crippen LogP contribution in [0.4, 0.5) is 0 Å². The summed E-state index contributed by atoms with van der Waals surface area (Å²) in [6.07, 6.45) is 4.13. The molecule has 0 bridgehead atoms. The molecule has 0 aliphatic carbocycles. The van der Waals surface area contributed by atoms with Crippen LogP contribution in [0.25, 0.3) is 0 Å². The molecule has 0 N–H and O–H groups in total. The molecule has 0 saturated heterocycles. The van der Waals surface area contributed by atoms with Gasteiger partial charge in [-0.2, -0.15) is 0 Å². The summed E-state index contributed by atoms with van der Waals surface area (Å²) in [5.74, 6) is -1.75. The van der Waals surface area contributed by atoms with Crippen LogP contribution in [0.5, 0.6) is 0 Å². The van der Waals surface area contributed by atoms with E-state index in [1.54, 1.807) is 40.7 Å². The van der Waals surface area contributed by atoms with E-state index in [-0.39, 0.29) is 0 Å². The second-order valence-electron chi connectivity index (χ2n) is 10.3. The van der Waals surface area contributed by atoms with E-state index in [2.05, 4.69) is 0 Å². The second-order valence-corrected chi connectivity index (χ2v) is 18.8. The molecule has 33 heavy (non-hydrogen) atoms. The van der Waals surface area contributed by atoms with Crippen molar-refractivity contribution in [2.24, 2.45) is 0 Å². The highest BCUT2D eigenvalue weighted by molar-refractivity contribution is 7.92. The molecule has 0 fully saturated rings. The van der Waals surface area contributed by atoms with E-state index in [1.165, 1.54) is 0 Å². The molecule has 0 aliphatic rings. The summed E-state index contributed by atoms with van der Waals surface area (Å²) in [4.78, 5) is 0. The van der Waals surface area contributed by atoms with E-state index >= 15 is 0 Å². The van der Waals surface area contributed by atoms with Crippen LogP contribution in [0.15, 0.2) is 6.07 Å². The number of hydrogen-bond acceptors (Lipinski definition) is 8. The summed E-state index contributed by atoms with van der Waals surface area (Å²) < 4.78 is 98.4. The zero-order valence-corrected chi connectivity index (χ0v) is 24.1. The summed E-state index contributed by atoms with van der Waals surface area (Å²) >= 11 is 0. The van der Waals surface area contributed by atoms with Gasteiger partial charge in [-0.05, 0) is 48.6 Å². The molecule has 1 rings (SSSR count). The van der Waals surface area contributed by atoms with E-state index in [1.807, 2.05) is 0 Å². The largest absolute Gasteiger partial charge is 0.229 e. The van der Waals surface area contributed by atoms with E-state index < -0.39 is 73.2 Å². The molecule has 0 aromatic heterocycles. The van der Waals surface area contributed by atoms with Gasteiger partial charge in [-0.15, -0.1) is 0 Å². The molecule has 0 atom stereocenters. The van der Waals surface area contributed by atoms with Crippen LogP contribution in [0, 0.1) is 20.8 Å². The van der Waals surface area contributed by atoms with Gasteiger partial charge in [0.1, 0.15) is 39.3 Å². The lowest BCUT2D eigenvalue weighted by atomic mass is 9.72. The first-order valence-corrected chi connectivity index (χ1v) is 18.4. The third-order valence-corrected chi connectivity index (χ3v) is 10.1. The quantitative estimate of drug-likeness (QED) is 0.430. The molecule has 0 spiro atoms.